The molecule has 1 aromatic heterocycles. The van der Waals surface area contributed by atoms with Gasteiger partial charge in [0.1, 0.15) is 5.82 Å². The zero-order valence-electron chi connectivity index (χ0n) is 11.1. The fraction of sp³-hybridized carbons (Fsp3) is 0.154. The summed E-state index contributed by atoms with van der Waals surface area (Å²) in [7, 11) is 1.76. The molecule has 0 saturated carbocycles. The van der Waals surface area contributed by atoms with Crippen LogP contribution in [-0.2, 0) is 13.6 Å². The van der Waals surface area contributed by atoms with E-state index in [9.17, 15) is 14.0 Å². The number of hydrogen-bond acceptors (Lipinski definition) is 3. The lowest BCUT2D eigenvalue weighted by molar-refractivity contribution is 0.0692. The van der Waals surface area contributed by atoms with Gasteiger partial charge < -0.3 is 15.7 Å². The van der Waals surface area contributed by atoms with Crippen molar-refractivity contribution in [2.75, 3.05) is 5.32 Å². The van der Waals surface area contributed by atoms with Crippen molar-refractivity contribution in [3.63, 3.8) is 0 Å². The first kappa shape index (κ1) is 14.5. The predicted molar refractivity (Wildman–Crippen MR) is 72.4 cm³/mol. The molecule has 0 aliphatic heterocycles. The first-order valence-electron chi connectivity index (χ1n) is 6.01. The second kappa shape index (κ2) is 6.04. The summed E-state index contributed by atoms with van der Waals surface area (Å²) < 4.78 is 15.0. The molecule has 1 heterocycles. The van der Waals surface area contributed by atoms with E-state index in [4.69, 9.17) is 5.11 Å². The molecule has 1 aromatic carbocycles. The molecular weight excluding hydrogens is 279 g/mol. The van der Waals surface area contributed by atoms with Gasteiger partial charge in [0.25, 0.3) is 0 Å². The normalized spacial score (nSPS) is 10.2. The minimum Gasteiger partial charge on any atom is -0.478 e. The molecule has 3 N–H and O–H groups in total. The lowest BCUT2D eigenvalue weighted by Gasteiger charge is -2.07. The van der Waals surface area contributed by atoms with E-state index in [0.717, 1.165) is 17.7 Å². The zero-order chi connectivity index (χ0) is 15.4. The third kappa shape index (κ3) is 3.78. The number of carbonyl (C=O) groups is 2. The van der Waals surface area contributed by atoms with Gasteiger partial charge in [-0.25, -0.2) is 14.0 Å². The SMILES string of the molecule is Cn1cc(CNC(=O)Nc2ccc(C(=O)O)c(F)c2)cn1. The second-order valence-electron chi connectivity index (χ2n) is 4.33. The van der Waals surface area contributed by atoms with E-state index in [1.54, 1.807) is 24.1 Å². The van der Waals surface area contributed by atoms with Gasteiger partial charge in [-0.1, -0.05) is 0 Å². The van der Waals surface area contributed by atoms with Crippen molar-refractivity contribution in [3.8, 4) is 0 Å². The Morgan fingerprint density at radius 2 is 2.19 bits per heavy atom. The summed E-state index contributed by atoms with van der Waals surface area (Å²) in [6.45, 7) is 0.273. The number of rotatable bonds is 4. The number of amides is 2. The number of carboxylic acid groups (broad SMARTS) is 1. The van der Waals surface area contributed by atoms with Crippen molar-refractivity contribution in [1.82, 2.24) is 15.1 Å². The van der Waals surface area contributed by atoms with Crippen LogP contribution in [0.5, 0.6) is 0 Å². The number of urea groups is 1. The number of benzene rings is 1. The summed E-state index contributed by atoms with van der Waals surface area (Å²) in [5.74, 6) is -2.27. The van der Waals surface area contributed by atoms with E-state index in [0.29, 0.717) is 0 Å². The average Bonchev–Trinajstić information content (AvgIpc) is 2.82. The van der Waals surface area contributed by atoms with E-state index in [1.807, 2.05) is 0 Å². The molecule has 0 aliphatic rings. The van der Waals surface area contributed by atoms with Crippen LogP contribution < -0.4 is 10.6 Å². The van der Waals surface area contributed by atoms with Gasteiger partial charge in [0, 0.05) is 31.0 Å². The van der Waals surface area contributed by atoms with Gasteiger partial charge in [-0.05, 0) is 18.2 Å². The summed E-state index contributed by atoms with van der Waals surface area (Å²) in [4.78, 5) is 22.3. The maximum Gasteiger partial charge on any atom is 0.338 e. The zero-order valence-corrected chi connectivity index (χ0v) is 11.1. The van der Waals surface area contributed by atoms with Crippen LogP contribution >= 0.6 is 0 Å². The highest BCUT2D eigenvalue weighted by atomic mass is 19.1. The Bertz CT molecular complexity index is 684. The van der Waals surface area contributed by atoms with Crippen molar-refractivity contribution in [2.45, 2.75) is 6.54 Å². The number of carbonyl (C=O) groups excluding carboxylic acids is 1. The molecule has 0 unspecified atom stereocenters. The summed E-state index contributed by atoms with van der Waals surface area (Å²) in [6, 6.07) is 2.83. The van der Waals surface area contributed by atoms with Gasteiger partial charge in [0.05, 0.1) is 11.8 Å². The fourth-order valence-corrected chi connectivity index (χ4v) is 1.69. The molecule has 0 aliphatic carbocycles. The Balaban J connectivity index is 1.93. The van der Waals surface area contributed by atoms with E-state index in [1.165, 1.54) is 6.07 Å². The van der Waals surface area contributed by atoms with Gasteiger partial charge in [0.15, 0.2) is 0 Å². The molecule has 0 fully saturated rings. The molecule has 21 heavy (non-hydrogen) atoms. The number of halogens is 1. The highest BCUT2D eigenvalue weighted by molar-refractivity contribution is 5.91. The average molecular weight is 292 g/mol. The number of aryl methyl sites for hydroxylation is 1. The van der Waals surface area contributed by atoms with E-state index >= 15 is 0 Å². The molecule has 110 valence electrons. The third-order valence-corrected chi connectivity index (χ3v) is 2.67. The van der Waals surface area contributed by atoms with Crippen molar-refractivity contribution in [1.29, 1.82) is 0 Å². The number of carboxylic acids is 1. The number of aromatic carboxylic acids is 1. The fourth-order valence-electron chi connectivity index (χ4n) is 1.69. The maximum absolute atomic E-state index is 13.4. The number of hydrogen-bond donors (Lipinski definition) is 3. The molecule has 2 aromatic rings. The van der Waals surface area contributed by atoms with E-state index in [2.05, 4.69) is 15.7 Å². The largest absolute Gasteiger partial charge is 0.478 e. The highest BCUT2D eigenvalue weighted by Crippen LogP contribution is 2.14. The Morgan fingerprint density at radius 3 is 2.76 bits per heavy atom. The van der Waals surface area contributed by atoms with Crippen LogP contribution in [-0.4, -0.2) is 26.9 Å². The van der Waals surface area contributed by atoms with Crippen LogP contribution in [0.1, 0.15) is 15.9 Å². The van der Waals surface area contributed by atoms with Crippen molar-refractivity contribution >= 4 is 17.7 Å². The van der Waals surface area contributed by atoms with Crippen LogP contribution in [0.25, 0.3) is 0 Å². The number of aromatic nitrogens is 2. The van der Waals surface area contributed by atoms with Crippen molar-refractivity contribution in [2.24, 2.45) is 7.05 Å². The maximum atomic E-state index is 13.4. The van der Waals surface area contributed by atoms with Crippen LogP contribution in [0.2, 0.25) is 0 Å². The summed E-state index contributed by atoms with van der Waals surface area (Å²) in [6.07, 6.45) is 3.36. The first-order chi connectivity index (χ1) is 9.95. The van der Waals surface area contributed by atoms with E-state index in [-0.39, 0.29) is 12.2 Å². The van der Waals surface area contributed by atoms with Crippen molar-refractivity contribution < 1.29 is 19.1 Å². The standard InChI is InChI=1S/C13H13FN4O3/c1-18-7-8(6-16-18)5-15-13(21)17-9-2-3-10(12(19)20)11(14)4-9/h2-4,6-7H,5H2,1H3,(H,19,20)(H2,15,17,21). The molecule has 0 atom stereocenters. The minimum atomic E-state index is -1.36. The van der Waals surface area contributed by atoms with Crippen LogP contribution in [0.15, 0.2) is 30.6 Å². The second-order valence-corrected chi connectivity index (χ2v) is 4.33. The van der Waals surface area contributed by atoms with Crippen molar-refractivity contribution in [3.05, 3.63) is 47.5 Å². The Hall–Kier alpha value is -2.90. The Kier molecular flexibility index (Phi) is 4.17. The first-order valence-corrected chi connectivity index (χ1v) is 6.01. The number of nitrogens with zero attached hydrogens (tertiary/aromatic N) is 2. The number of nitrogens with one attached hydrogen (secondary N) is 2. The molecule has 8 heteroatoms. The summed E-state index contributed by atoms with van der Waals surface area (Å²) >= 11 is 0. The summed E-state index contributed by atoms with van der Waals surface area (Å²) in [5, 5.41) is 17.7. The van der Waals surface area contributed by atoms with Gasteiger partial charge in [-0.3, -0.25) is 4.68 Å². The molecule has 0 radical (unpaired) electrons. The topological polar surface area (TPSA) is 96.2 Å². The Labute approximate surface area is 119 Å². The van der Waals surface area contributed by atoms with Crippen LogP contribution in [0, 0.1) is 5.82 Å². The highest BCUT2D eigenvalue weighted by Gasteiger charge is 2.11. The molecule has 2 rings (SSSR count). The predicted octanol–water partition coefficient (Wildman–Crippen LogP) is 1.58. The van der Waals surface area contributed by atoms with Gasteiger partial charge >= 0.3 is 12.0 Å². The smallest absolute Gasteiger partial charge is 0.338 e. The quantitative estimate of drug-likeness (QED) is 0.797. The van der Waals surface area contributed by atoms with Gasteiger partial charge in [-0.15, -0.1) is 0 Å². The molecule has 2 amide bonds. The van der Waals surface area contributed by atoms with Crippen LogP contribution in [0.4, 0.5) is 14.9 Å². The molecule has 7 nitrogen and oxygen atoms in total. The molecule has 0 saturated heterocycles. The molecule has 0 bridgehead atoms. The third-order valence-electron chi connectivity index (χ3n) is 2.67. The monoisotopic (exact) mass is 292 g/mol. The molecule has 0 spiro atoms. The lowest BCUT2D eigenvalue weighted by Crippen LogP contribution is -2.28. The van der Waals surface area contributed by atoms with Crippen LogP contribution in [0.3, 0.4) is 0 Å². The lowest BCUT2D eigenvalue weighted by atomic mass is 10.2. The summed E-state index contributed by atoms with van der Waals surface area (Å²) in [5.41, 5.74) is 0.539. The number of anilines is 1. The van der Waals surface area contributed by atoms with Gasteiger partial charge in [-0.2, -0.15) is 5.10 Å². The Morgan fingerprint density at radius 1 is 1.43 bits per heavy atom. The molecular formula is C13H13FN4O3. The van der Waals surface area contributed by atoms with E-state index < -0.39 is 23.4 Å². The minimum absolute atomic E-state index is 0.168. The van der Waals surface area contributed by atoms with Gasteiger partial charge in [0.2, 0.25) is 0 Å².